The second-order valence-electron chi connectivity index (χ2n) is 12.1. The van der Waals surface area contributed by atoms with Crippen LogP contribution in [0.3, 0.4) is 0 Å². The Labute approximate surface area is 265 Å². The summed E-state index contributed by atoms with van der Waals surface area (Å²) in [6.07, 6.45) is 5.11. The largest absolute Gasteiger partial charge is 0.326 e. The average Bonchev–Trinajstić information content (AvgIpc) is 3.60. The Morgan fingerprint density at radius 3 is 2.24 bits per heavy atom. The molecule has 2 aromatic rings. The third kappa shape index (κ3) is 5.93. The van der Waals surface area contributed by atoms with Gasteiger partial charge in [0.1, 0.15) is 17.1 Å². The molecule has 3 aliphatic rings. The Hall–Kier alpha value is -2.49. The van der Waals surface area contributed by atoms with E-state index in [0.29, 0.717) is 33.2 Å². The minimum atomic E-state index is -4.55. The first-order chi connectivity index (χ1) is 20.7. The molecule has 0 bridgehead atoms. The van der Waals surface area contributed by atoms with Crippen LogP contribution in [0, 0.1) is 0 Å². The lowest BCUT2D eigenvalue weighted by molar-refractivity contribution is -0.432. The number of allylic oxidation sites excluding steroid dienone is 4. The fourth-order valence-electron chi connectivity index (χ4n) is 6.60. The molecule has 0 aliphatic carbocycles. The van der Waals surface area contributed by atoms with E-state index in [-0.39, 0.29) is 22.5 Å². The predicted octanol–water partition coefficient (Wildman–Crippen LogP) is 3.59. The number of rotatable bonds is 10. The van der Waals surface area contributed by atoms with Crippen molar-refractivity contribution in [1.82, 2.24) is 4.48 Å². The van der Waals surface area contributed by atoms with Crippen LogP contribution in [0.1, 0.15) is 38.8 Å². The van der Waals surface area contributed by atoms with E-state index < -0.39 is 52.3 Å². The number of benzene rings is 2. The number of fused-ring (bicyclic) bond motifs is 3. The van der Waals surface area contributed by atoms with Gasteiger partial charge in [-0.15, -0.1) is 4.33 Å². The maximum absolute atomic E-state index is 12.4. The minimum absolute atomic E-state index is 0.00815. The number of quaternary nitrogens is 1. The highest BCUT2D eigenvalue weighted by Gasteiger charge is 2.73. The van der Waals surface area contributed by atoms with Crippen LogP contribution in [0.5, 0.6) is 0 Å². The molecular formula is C27H32N2O12S4+2. The lowest BCUT2D eigenvalue weighted by Gasteiger charge is -2.21. The molecular weight excluding hydrogens is 673 g/mol. The summed E-state index contributed by atoms with van der Waals surface area (Å²) < 4.78 is 107. The molecule has 4 N–H and O–H groups in total. The van der Waals surface area contributed by atoms with Crippen molar-refractivity contribution in [2.75, 3.05) is 18.8 Å². The summed E-state index contributed by atoms with van der Waals surface area (Å²) in [7, 11) is -13.4. The molecule has 2 unspecified atom stereocenters. The van der Waals surface area contributed by atoms with E-state index in [9.17, 15) is 38.9 Å². The molecule has 45 heavy (non-hydrogen) atoms. The molecule has 1 saturated heterocycles. The van der Waals surface area contributed by atoms with E-state index >= 15 is 0 Å². The van der Waals surface area contributed by atoms with Gasteiger partial charge in [-0.05, 0) is 58.0 Å². The van der Waals surface area contributed by atoms with Crippen molar-refractivity contribution in [1.29, 1.82) is 0 Å². The van der Waals surface area contributed by atoms with Crippen molar-refractivity contribution < 1.29 is 58.1 Å². The van der Waals surface area contributed by atoms with Gasteiger partial charge < -0.3 is 0 Å². The fraction of sp³-hybridized carbons (Fsp3) is 0.370. The van der Waals surface area contributed by atoms with Gasteiger partial charge >= 0.3 is 10.1 Å². The third-order valence-corrected chi connectivity index (χ3v) is 12.0. The maximum atomic E-state index is 12.4. The molecule has 18 heteroatoms. The Morgan fingerprint density at radius 2 is 1.67 bits per heavy atom. The zero-order chi connectivity index (χ0) is 33.4. The Kier molecular flexibility index (Phi) is 8.32. The molecule has 2 aromatic carbocycles. The second kappa shape index (κ2) is 11.1. The van der Waals surface area contributed by atoms with E-state index in [1.54, 1.807) is 54.9 Å². The summed E-state index contributed by atoms with van der Waals surface area (Å²) in [5.41, 5.74) is 1.92. The highest BCUT2D eigenvalue weighted by molar-refractivity contribution is 7.94. The van der Waals surface area contributed by atoms with Crippen LogP contribution in [0.25, 0.3) is 0 Å². The number of hydrogen-bond acceptors (Lipinski definition) is 10. The molecule has 0 saturated carbocycles. The molecule has 1 spiro atoms. The standard InChI is InChI=1S/C27H30N2O12S4/c1-26(2)19-14-17(42-41-40-30)8-10-21(19)28(12-13-43(31,32)33)23(26)6-5-7-24-27(3,4)20-15-18(44(34,35)36)9-11-22(20)29(24)16-25(29)45(37,38)39/h5-11,14-15,25H,12-13,16H2,1-4H3,(H2-2,30,31,32,33,34,35,36,37,38,39)/p+2/b6-5?,24-7+. The minimum Gasteiger partial charge on any atom is -0.285 e. The van der Waals surface area contributed by atoms with Gasteiger partial charge in [-0.25, -0.2) is 9.74 Å². The summed E-state index contributed by atoms with van der Waals surface area (Å²) in [6, 6.07) is 9.14. The summed E-state index contributed by atoms with van der Waals surface area (Å²) in [6.45, 7) is 7.29. The van der Waals surface area contributed by atoms with Crippen LogP contribution in [0.4, 0.5) is 11.4 Å². The predicted molar refractivity (Wildman–Crippen MR) is 165 cm³/mol. The van der Waals surface area contributed by atoms with Gasteiger partial charge in [0, 0.05) is 34.2 Å². The van der Waals surface area contributed by atoms with Crippen LogP contribution in [-0.2, 0) is 50.6 Å². The van der Waals surface area contributed by atoms with Crippen molar-refractivity contribution in [3.05, 3.63) is 71.5 Å². The van der Waals surface area contributed by atoms with Gasteiger partial charge in [0.15, 0.2) is 18.8 Å². The first-order valence-corrected chi connectivity index (χ1v) is 18.7. The van der Waals surface area contributed by atoms with E-state index in [4.69, 9.17) is 5.26 Å². The van der Waals surface area contributed by atoms with Crippen molar-refractivity contribution in [3.63, 3.8) is 0 Å². The first kappa shape index (κ1) is 33.9. The van der Waals surface area contributed by atoms with Crippen LogP contribution in [0.15, 0.2) is 70.1 Å². The second-order valence-corrected chi connectivity index (χ2v) is 17.4. The SMILES string of the molecule is CC1(C)C(C=C/C=C2\C(C)(C)c3cc(S(=O)(=O)O)ccc3[N+]23CC3S(=O)(=O)O)=[N+](CCS(=O)(=O)O)c2ccc(SOOO)cc21. The molecule has 3 aliphatic heterocycles. The normalized spacial score (nSPS) is 24.5. The molecule has 3 heterocycles. The Bertz CT molecular complexity index is 2020. The first-order valence-electron chi connectivity index (χ1n) is 13.4. The summed E-state index contributed by atoms with van der Waals surface area (Å²) in [5, 5.41) is 11.0. The smallest absolute Gasteiger partial charge is 0.285 e. The quantitative estimate of drug-likeness (QED) is 0.0532. The van der Waals surface area contributed by atoms with Crippen LogP contribution >= 0.6 is 12.0 Å². The van der Waals surface area contributed by atoms with Gasteiger partial charge in [0.2, 0.25) is 5.69 Å². The average molecular weight is 705 g/mol. The maximum Gasteiger partial charge on any atom is 0.326 e. The molecule has 0 aromatic heterocycles. The number of nitrogens with zero attached hydrogens (tertiary/aromatic N) is 2. The highest BCUT2D eigenvalue weighted by atomic mass is 32.2. The molecule has 0 radical (unpaired) electrons. The van der Waals surface area contributed by atoms with E-state index in [1.807, 2.05) is 13.8 Å². The summed E-state index contributed by atoms with van der Waals surface area (Å²) in [5.74, 6) is -0.562. The van der Waals surface area contributed by atoms with Gasteiger partial charge in [-0.2, -0.15) is 29.8 Å². The molecule has 1 fully saturated rings. The molecule has 14 nitrogen and oxygen atoms in total. The third-order valence-electron chi connectivity index (χ3n) is 8.69. The van der Waals surface area contributed by atoms with Crippen molar-refractivity contribution in [3.8, 4) is 0 Å². The Morgan fingerprint density at radius 1 is 0.978 bits per heavy atom. The van der Waals surface area contributed by atoms with E-state index in [1.165, 1.54) is 18.2 Å². The topological polar surface area (TPSA) is 205 Å². The molecule has 0 amide bonds. The van der Waals surface area contributed by atoms with Crippen LogP contribution in [0.2, 0.25) is 0 Å². The van der Waals surface area contributed by atoms with Gasteiger partial charge in [0.05, 0.1) is 27.8 Å². The van der Waals surface area contributed by atoms with E-state index in [2.05, 4.69) is 9.37 Å². The zero-order valence-electron chi connectivity index (χ0n) is 24.5. The summed E-state index contributed by atoms with van der Waals surface area (Å²) >= 11 is 0.759. The fourth-order valence-corrected chi connectivity index (χ4v) is 9.02. The van der Waals surface area contributed by atoms with Crippen molar-refractivity contribution >= 4 is 59.5 Å². The Balaban J connectivity index is 1.63. The van der Waals surface area contributed by atoms with Crippen molar-refractivity contribution in [2.45, 2.75) is 53.7 Å². The van der Waals surface area contributed by atoms with Crippen molar-refractivity contribution in [2.24, 2.45) is 0 Å². The van der Waals surface area contributed by atoms with E-state index in [0.717, 1.165) is 17.6 Å². The van der Waals surface area contributed by atoms with Crippen LogP contribution in [-0.4, -0.2) is 78.7 Å². The lowest BCUT2D eigenvalue weighted by Crippen LogP contribution is -2.33. The van der Waals surface area contributed by atoms with Gasteiger partial charge in [-0.1, -0.05) is 11.1 Å². The monoisotopic (exact) mass is 704 g/mol. The van der Waals surface area contributed by atoms with Gasteiger partial charge in [0.25, 0.3) is 25.6 Å². The molecule has 244 valence electrons. The summed E-state index contributed by atoms with van der Waals surface area (Å²) in [4.78, 5) is 0.232. The lowest BCUT2D eigenvalue weighted by atomic mass is 9.81. The molecule has 2 atom stereocenters. The highest BCUT2D eigenvalue weighted by Crippen LogP contribution is 2.61. The zero-order valence-corrected chi connectivity index (χ0v) is 27.7. The number of hydrogen-bond donors (Lipinski definition) is 4. The molecule has 5 rings (SSSR count). The van der Waals surface area contributed by atoms with Crippen LogP contribution < -0.4 is 4.48 Å². The van der Waals surface area contributed by atoms with Gasteiger partial charge in [-0.3, -0.25) is 13.7 Å².